The van der Waals surface area contributed by atoms with E-state index < -0.39 is 0 Å². The minimum Gasteiger partial charge on any atom is -0.335 e. The minimum absolute atomic E-state index is 0.0506. The van der Waals surface area contributed by atoms with Crippen LogP contribution in [0.1, 0.15) is 44.1 Å². The first-order valence-electron chi connectivity index (χ1n) is 10.6. The van der Waals surface area contributed by atoms with Crippen molar-refractivity contribution >= 4 is 56.7 Å². The maximum absolute atomic E-state index is 13.0. The number of halogens is 2. The van der Waals surface area contributed by atoms with Gasteiger partial charge in [0.25, 0.3) is 0 Å². The van der Waals surface area contributed by atoms with Crippen molar-refractivity contribution in [3.8, 4) is 0 Å². The summed E-state index contributed by atoms with van der Waals surface area (Å²) in [7, 11) is 0. The lowest BCUT2D eigenvalue weighted by molar-refractivity contribution is -0.116. The number of nitrogens with zero attached hydrogens (tertiary/aromatic N) is 2. The molecule has 31 heavy (non-hydrogen) atoms. The maximum Gasteiger partial charge on any atom is 0.246 e. The third kappa shape index (κ3) is 4.92. The lowest BCUT2D eigenvalue weighted by Gasteiger charge is -2.15. The number of thiazole rings is 1. The number of hydrogen-bond acceptors (Lipinski definition) is 4. The van der Waals surface area contributed by atoms with Crippen molar-refractivity contribution in [2.45, 2.75) is 57.4 Å². The summed E-state index contributed by atoms with van der Waals surface area (Å²) in [5.41, 5.74) is 3.33. The third-order valence-electron chi connectivity index (χ3n) is 5.64. The molecule has 0 saturated carbocycles. The second-order valence-electron chi connectivity index (χ2n) is 9.03. The van der Waals surface area contributed by atoms with E-state index in [0.717, 1.165) is 48.6 Å². The Bertz CT molecular complexity index is 1140. The smallest absolute Gasteiger partial charge is 0.246 e. The van der Waals surface area contributed by atoms with E-state index in [1.54, 1.807) is 0 Å². The Balaban J connectivity index is 1.72. The molecule has 1 aliphatic heterocycles. The first-order chi connectivity index (χ1) is 14.7. The summed E-state index contributed by atoms with van der Waals surface area (Å²) in [5, 5.41) is 11.4. The Morgan fingerprint density at radius 2 is 2.16 bits per heavy atom. The number of hydrogen-bond donors (Lipinski definition) is 2. The first-order valence-corrected chi connectivity index (χ1v) is 12.3. The van der Waals surface area contributed by atoms with E-state index in [1.807, 2.05) is 23.6 Å². The fourth-order valence-corrected chi connectivity index (χ4v) is 5.51. The predicted octanol–water partition coefficient (Wildman–Crippen LogP) is 3.26. The van der Waals surface area contributed by atoms with Gasteiger partial charge in [0, 0.05) is 32.1 Å². The largest absolute Gasteiger partial charge is 0.335 e. The fourth-order valence-electron chi connectivity index (χ4n) is 4.08. The van der Waals surface area contributed by atoms with Crippen molar-refractivity contribution < 1.29 is 4.79 Å². The molecule has 4 rings (SSSR count). The van der Waals surface area contributed by atoms with E-state index in [-0.39, 0.29) is 23.2 Å². The van der Waals surface area contributed by atoms with E-state index in [2.05, 4.69) is 41.0 Å². The van der Waals surface area contributed by atoms with Crippen molar-refractivity contribution in [1.82, 2.24) is 14.9 Å². The van der Waals surface area contributed by atoms with Crippen molar-refractivity contribution in [3.63, 3.8) is 0 Å². The van der Waals surface area contributed by atoms with Gasteiger partial charge in [-0.25, -0.2) is 4.98 Å². The molecule has 0 spiro atoms. The highest BCUT2D eigenvalue weighted by atomic mass is 35.5. The van der Waals surface area contributed by atoms with Gasteiger partial charge in [-0.15, -0.1) is 22.9 Å². The normalized spacial score (nSPS) is 19.0. The fraction of sp³-hybridized carbons (Fsp3) is 0.478. The van der Waals surface area contributed by atoms with Crippen LogP contribution >= 0.6 is 34.5 Å². The molecule has 1 amide bonds. The molecule has 166 valence electrons. The van der Waals surface area contributed by atoms with Crippen LogP contribution in [-0.2, 0) is 29.6 Å². The average molecular weight is 479 g/mol. The molecular weight excluding hydrogens is 451 g/mol. The van der Waals surface area contributed by atoms with E-state index in [4.69, 9.17) is 23.2 Å². The molecular formula is C23H28Cl2N4OS. The van der Waals surface area contributed by atoms with Crippen LogP contribution in [0.3, 0.4) is 0 Å². The lowest BCUT2D eigenvalue weighted by atomic mass is 9.93. The summed E-state index contributed by atoms with van der Waals surface area (Å²) in [6.07, 6.45) is 8.53. The first kappa shape index (κ1) is 22.6. The van der Waals surface area contributed by atoms with Gasteiger partial charge >= 0.3 is 0 Å². The van der Waals surface area contributed by atoms with Crippen LogP contribution in [0.15, 0.2) is 17.5 Å². The number of carbonyl (C=O) groups is 1. The predicted molar refractivity (Wildman–Crippen MR) is 131 cm³/mol. The molecule has 0 radical (unpaired) electrons. The summed E-state index contributed by atoms with van der Waals surface area (Å²) in [5.74, 6) is -0.0940. The summed E-state index contributed by atoms with van der Waals surface area (Å²) in [6.45, 7) is 8.41. The van der Waals surface area contributed by atoms with Gasteiger partial charge in [0.2, 0.25) is 5.91 Å². The summed E-state index contributed by atoms with van der Waals surface area (Å²) >= 11 is 14.6. The van der Waals surface area contributed by atoms with Gasteiger partial charge in [-0.3, -0.25) is 4.79 Å². The highest BCUT2D eigenvalue weighted by Gasteiger charge is 2.22. The summed E-state index contributed by atoms with van der Waals surface area (Å²) < 4.78 is 2.11. The lowest BCUT2D eigenvalue weighted by Crippen LogP contribution is -2.35. The second kappa shape index (κ2) is 9.10. The number of aromatic nitrogens is 2. The zero-order valence-corrected chi connectivity index (χ0v) is 20.4. The molecule has 2 aromatic rings. The van der Waals surface area contributed by atoms with Crippen molar-refractivity contribution in [1.29, 1.82) is 0 Å². The van der Waals surface area contributed by atoms with E-state index in [1.165, 1.54) is 22.6 Å². The minimum atomic E-state index is -0.274. The van der Waals surface area contributed by atoms with Crippen LogP contribution in [-0.4, -0.2) is 33.9 Å². The van der Waals surface area contributed by atoms with Crippen LogP contribution in [0.5, 0.6) is 0 Å². The van der Waals surface area contributed by atoms with Gasteiger partial charge in [0.1, 0.15) is 6.54 Å². The van der Waals surface area contributed by atoms with Gasteiger partial charge < -0.3 is 15.2 Å². The monoisotopic (exact) mass is 478 g/mol. The SMILES string of the molecule is CC(C)(C)c1csc(NC(=O)Cn2c3c(c4c2=CC(Cl)C=CC=4Cl)CCNCCC3)n1. The highest BCUT2D eigenvalue weighted by molar-refractivity contribution is 7.13. The van der Waals surface area contributed by atoms with Crippen molar-refractivity contribution in [3.05, 3.63) is 45.1 Å². The zero-order valence-electron chi connectivity index (χ0n) is 18.1. The van der Waals surface area contributed by atoms with Crippen LogP contribution in [0.2, 0.25) is 0 Å². The number of allylic oxidation sites excluding steroid dienone is 2. The Morgan fingerprint density at radius 1 is 1.35 bits per heavy atom. The summed E-state index contributed by atoms with van der Waals surface area (Å²) in [6, 6.07) is 0. The molecule has 2 aromatic heterocycles. The van der Waals surface area contributed by atoms with Gasteiger partial charge in [0.05, 0.1) is 11.1 Å². The number of carbonyl (C=O) groups excluding carboxylic acids is 1. The Kier molecular flexibility index (Phi) is 6.63. The quantitative estimate of drug-likeness (QED) is 0.665. The van der Waals surface area contributed by atoms with E-state index in [0.29, 0.717) is 10.2 Å². The van der Waals surface area contributed by atoms with Crippen LogP contribution in [0, 0.1) is 0 Å². The molecule has 1 atom stereocenters. The van der Waals surface area contributed by atoms with E-state index in [9.17, 15) is 4.79 Å². The van der Waals surface area contributed by atoms with Crippen molar-refractivity contribution in [2.24, 2.45) is 0 Å². The Morgan fingerprint density at radius 3 is 2.90 bits per heavy atom. The summed E-state index contributed by atoms with van der Waals surface area (Å²) in [4.78, 5) is 17.6. The molecule has 1 aliphatic carbocycles. The van der Waals surface area contributed by atoms with Gasteiger partial charge in [-0.1, -0.05) is 38.4 Å². The van der Waals surface area contributed by atoms with Crippen LogP contribution < -0.4 is 21.2 Å². The molecule has 5 nitrogen and oxygen atoms in total. The topological polar surface area (TPSA) is 59.0 Å². The third-order valence-corrected chi connectivity index (χ3v) is 6.99. The van der Waals surface area contributed by atoms with Gasteiger partial charge in [-0.05, 0) is 50.1 Å². The molecule has 0 fully saturated rings. The van der Waals surface area contributed by atoms with Crippen molar-refractivity contribution in [2.75, 3.05) is 18.4 Å². The van der Waals surface area contributed by atoms with Gasteiger partial charge in [0.15, 0.2) is 5.13 Å². The molecule has 3 heterocycles. The molecule has 1 unspecified atom stereocenters. The Labute approximate surface area is 196 Å². The zero-order chi connectivity index (χ0) is 22.2. The standard InChI is InChI=1S/C23H28Cl2N4OS/c1-23(2,3)19-13-31-22(27-19)28-20(30)12-29-17-5-4-9-26-10-8-15(17)21-16(25)7-6-14(24)11-18(21)29/h6-7,11,13-14,26H,4-5,8-10,12H2,1-3H3,(H,27,28,30). The molecule has 0 saturated heterocycles. The highest BCUT2D eigenvalue weighted by Crippen LogP contribution is 2.26. The van der Waals surface area contributed by atoms with Gasteiger partial charge in [-0.2, -0.15) is 0 Å². The second-order valence-corrected chi connectivity index (χ2v) is 10.8. The number of rotatable bonds is 3. The number of anilines is 1. The molecule has 2 N–H and O–H groups in total. The Hall–Kier alpha value is -1.60. The molecule has 0 aromatic carbocycles. The van der Waals surface area contributed by atoms with Crippen LogP contribution in [0.4, 0.5) is 5.13 Å². The molecule has 0 bridgehead atoms. The average Bonchev–Trinajstić information content (AvgIpc) is 3.19. The number of alkyl halides is 1. The maximum atomic E-state index is 13.0. The van der Waals surface area contributed by atoms with Crippen LogP contribution in [0.25, 0.3) is 11.1 Å². The van der Waals surface area contributed by atoms with E-state index >= 15 is 0 Å². The number of nitrogens with one attached hydrogen (secondary N) is 2. The number of fused-ring (bicyclic) bond motifs is 3. The number of amides is 1. The molecule has 2 aliphatic rings. The molecule has 8 heteroatoms.